The monoisotopic (exact) mass is 208 g/mol. The van der Waals surface area contributed by atoms with Crippen LogP contribution in [0.1, 0.15) is 29.8 Å². The van der Waals surface area contributed by atoms with Gasteiger partial charge in [0.25, 0.3) is 0 Å². The molecule has 0 radical (unpaired) electrons. The van der Waals surface area contributed by atoms with Crippen molar-refractivity contribution in [3.05, 3.63) is 16.1 Å². The van der Waals surface area contributed by atoms with Gasteiger partial charge in [-0.3, -0.25) is 0 Å². The lowest BCUT2D eigenvalue weighted by atomic mass is 9.69. The molecule has 3 rings (SSSR count). The van der Waals surface area contributed by atoms with Gasteiger partial charge in [0.2, 0.25) is 0 Å². The van der Waals surface area contributed by atoms with Crippen molar-refractivity contribution in [3.8, 4) is 0 Å². The Balaban J connectivity index is 1.85. The quantitative estimate of drug-likeness (QED) is 0.705. The average Bonchev–Trinajstić information content (AvgIpc) is 2.66. The minimum absolute atomic E-state index is 0.630. The lowest BCUT2D eigenvalue weighted by molar-refractivity contribution is 0.174. The van der Waals surface area contributed by atoms with Crippen LogP contribution in [0.3, 0.4) is 0 Å². The molecule has 1 aliphatic heterocycles. The van der Waals surface area contributed by atoms with Crippen molar-refractivity contribution in [2.24, 2.45) is 5.41 Å². The van der Waals surface area contributed by atoms with Crippen molar-refractivity contribution in [1.29, 1.82) is 0 Å². The summed E-state index contributed by atoms with van der Waals surface area (Å²) in [6, 6.07) is 0. The van der Waals surface area contributed by atoms with Crippen LogP contribution in [0.2, 0.25) is 0 Å². The molecule has 0 amide bonds. The van der Waals surface area contributed by atoms with Crippen molar-refractivity contribution in [1.82, 2.24) is 10.3 Å². The van der Waals surface area contributed by atoms with Crippen LogP contribution in [0.15, 0.2) is 5.51 Å². The predicted molar refractivity (Wildman–Crippen MR) is 58.7 cm³/mol. The molecule has 0 aromatic carbocycles. The Morgan fingerprint density at radius 1 is 1.29 bits per heavy atom. The van der Waals surface area contributed by atoms with Crippen LogP contribution in [0.25, 0.3) is 0 Å². The van der Waals surface area contributed by atoms with Gasteiger partial charge in [0.15, 0.2) is 0 Å². The van der Waals surface area contributed by atoms with Gasteiger partial charge in [0.05, 0.1) is 11.2 Å². The summed E-state index contributed by atoms with van der Waals surface area (Å²) in [6.07, 6.45) is 6.62. The van der Waals surface area contributed by atoms with Crippen molar-refractivity contribution < 1.29 is 0 Å². The lowest BCUT2D eigenvalue weighted by Gasteiger charge is -2.40. The van der Waals surface area contributed by atoms with E-state index in [1.165, 1.54) is 50.9 Å². The highest BCUT2D eigenvalue weighted by molar-refractivity contribution is 7.09. The molecule has 0 saturated carbocycles. The molecule has 14 heavy (non-hydrogen) atoms. The van der Waals surface area contributed by atoms with Gasteiger partial charge in [-0.05, 0) is 50.6 Å². The fraction of sp³-hybridized carbons (Fsp3) is 0.727. The third-order valence-corrected chi connectivity index (χ3v) is 4.69. The minimum Gasteiger partial charge on any atom is -0.317 e. The van der Waals surface area contributed by atoms with Gasteiger partial charge < -0.3 is 5.32 Å². The van der Waals surface area contributed by atoms with E-state index in [-0.39, 0.29) is 0 Å². The summed E-state index contributed by atoms with van der Waals surface area (Å²) >= 11 is 1.86. The number of rotatable bonds is 0. The smallest absolute Gasteiger partial charge is 0.0797 e. The van der Waals surface area contributed by atoms with Gasteiger partial charge >= 0.3 is 0 Å². The maximum atomic E-state index is 4.44. The molecule has 0 atom stereocenters. The van der Waals surface area contributed by atoms with Gasteiger partial charge in [-0.15, -0.1) is 11.3 Å². The Bertz CT molecular complexity index is 326. The largest absolute Gasteiger partial charge is 0.317 e. The van der Waals surface area contributed by atoms with E-state index in [4.69, 9.17) is 0 Å². The van der Waals surface area contributed by atoms with Crippen molar-refractivity contribution in [2.75, 3.05) is 13.1 Å². The minimum atomic E-state index is 0.630. The van der Waals surface area contributed by atoms with Crippen molar-refractivity contribution >= 4 is 11.3 Å². The number of fused-ring (bicyclic) bond motifs is 1. The number of thiazole rings is 1. The molecule has 1 N–H and O–H groups in total. The molecule has 2 heterocycles. The second-order valence-electron chi connectivity index (χ2n) is 4.65. The normalized spacial score (nSPS) is 24.9. The molecule has 1 spiro atoms. The molecule has 1 aromatic rings. The summed E-state index contributed by atoms with van der Waals surface area (Å²) in [5.74, 6) is 0. The van der Waals surface area contributed by atoms with Crippen LogP contribution in [0, 0.1) is 5.41 Å². The first-order valence-electron chi connectivity index (χ1n) is 5.50. The Morgan fingerprint density at radius 2 is 2.14 bits per heavy atom. The van der Waals surface area contributed by atoms with Crippen molar-refractivity contribution in [3.63, 3.8) is 0 Å². The summed E-state index contributed by atoms with van der Waals surface area (Å²) in [5, 5.41) is 3.46. The van der Waals surface area contributed by atoms with E-state index < -0.39 is 0 Å². The summed E-state index contributed by atoms with van der Waals surface area (Å²) in [4.78, 5) is 6.01. The summed E-state index contributed by atoms with van der Waals surface area (Å²) in [5.41, 5.74) is 4.04. The van der Waals surface area contributed by atoms with E-state index in [2.05, 4.69) is 10.3 Å². The molecule has 0 unspecified atom stereocenters. The molecule has 1 saturated heterocycles. The molecule has 3 heteroatoms. The third-order valence-electron chi connectivity index (χ3n) is 3.82. The van der Waals surface area contributed by atoms with E-state index in [0.29, 0.717) is 5.41 Å². The summed E-state index contributed by atoms with van der Waals surface area (Å²) in [7, 11) is 0. The molecule has 2 aliphatic rings. The molecule has 0 bridgehead atoms. The zero-order valence-corrected chi connectivity index (χ0v) is 9.20. The Morgan fingerprint density at radius 3 is 3.00 bits per heavy atom. The Hall–Kier alpha value is -0.410. The Kier molecular flexibility index (Phi) is 2.10. The number of nitrogens with one attached hydrogen (secondary N) is 1. The zero-order valence-electron chi connectivity index (χ0n) is 8.38. The van der Waals surface area contributed by atoms with Gasteiger partial charge in [-0.1, -0.05) is 0 Å². The lowest BCUT2D eigenvalue weighted by Crippen LogP contribution is -2.40. The van der Waals surface area contributed by atoms with Gasteiger partial charge in [-0.25, -0.2) is 4.98 Å². The number of hydrogen-bond acceptors (Lipinski definition) is 3. The highest BCUT2D eigenvalue weighted by Gasteiger charge is 2.36. The van der Waals surface area contributed by atoms with Gasteiger partial charge in [0, 0.05) is 4.88 Å². The molecular weight excluding hydrogens is 192 g/mol. The fourth-order valence-corrected chi connectivity index (χ4v) is 3.83. The van der Waals surface area contributed by atoms with E-state index in [1.807, 2.05) is 16.8 Å². The van der Waals surface area contributed by atoms with E-state index in [0.717, 1.165) is 0 Å². The Labute approximate surface area is 88.7 Å². The van der Waals surface area contributed by atoms with Crippen LogP contribution in [-0.4, -0.2) is 18.1 Å². The zero-order chi connectivity index (χ0) is 9.43. The van der Waals surface area contributed by atoms with E-state index in [9.17, 15) is 0 Å². The maximum Gasteiger partial charge on any atom is 0.0797 e. The molecule has 1 fully saturated rings. The van der Waals surface area contributed by atoms with E-state index in [1.54, 1.807) is 4.88 Å². The highest BCUT2D eigenvalue weighted by atomic mass is 32.1. The molecule has 2 nitrogen and oxygen atoms in total. The number of nitrogens with zero attached hydrogens (tertiary/aromatic N) is 1. The second-order valence-corrected chi connectivity index (χ2v) is 5.59. The molecule has 1 aromatic heterocycles. The van der Waals surface area contributed by atoms with E-state index >= 15 is 0 Å². The number of hydrogen-bond donors (Lipinski definition) is 1. The third kappa shape index (κ3) is 1.39. The standard InChI is InChI=1S/C11H16N2S/c1-2-11(3-5-12-6-4-11)7-10-9(1)13-8-14-10/h8,12H,1-7H2. The summed E-state index contributed by atoms with van der Waals surface area (Å²) < 4.78 is 0. The SMILES string of the molecule is c1nc2c(s1)CC1(CCNCC1)CC2. The van der Waals surface area contributed by atoms with Crippen LogP contribution in [-0.2, 0) is 12.8 Å². The number of aromatic nitrogens is 1. The summed E-state index contributed by atoms with van der Waals surface area (Å²) in [6.45, 7) is 2.43. The fourth-order valence-electron chi connectivity index (χ4n) is 2.84. The van der Waals surface area contributed by atoms with Crippen LogP contribution < -0.4 is 5.32 Å². The predicted octanol–water partition coefficient (Wildman–Crippen LogP) is 2.00. The average molecular weight is 208 g/mol. The van der Waals surface area contributed by atoms with Gasteiger partial charge in [0.1, 0.15) is 0 Å². The van der Waals surface area contributed by atoms with Crippen LogP contribution in [0.4, 0.5) is 0 Å². The molecule has 76 valence electrons. The first-order chi connectivity index (χ1) is 6.88. The van der Waals surface area contributed by atoms with Crippen LogP contribution in [0.5, 0.6) is 0 Å². The second kappa shape index (κ2) is 3.31. The maximum absolute atomic E-state index is 4.44. The van der Waals surface area contributed by atoms with Crippen LogP contribution >= 0.6 is 11.3 Å². The molecule has 1 aliphatic carbocycles. The topological polar surface area (TPSA) is 24.9 Å². The van der Waals surface area contributed by atoms with Gasteiger partial charge in [-0.2, -0.15) is 0 Å². The molecular formula is C11H16N2S. The number of piperidine rings is 1. The first kappa shape index (κ1) is 8.86. The van der Waals surface area contributed by atoms with Crippen molar-refractivity contribution in [2.45, 2.75) is 32.1 Å². The first-order valence-corrected chi connectivity index (χ1v) is 6.38. The highest BCUT2D eigenvalue weighted by Crippen LogP contribution is 2.42. The number of aryl methyl sites for hydroxylation is 1.